The van der Waals surface area contributed by atoms with Gasteiger partial charge in [0.25, 0.3) is 0 Å². The van der Waals surface area contributed by atoms with Gasteiger partial charge in [0.05, 0.1) is 21.6 Å². The number of benzene rings is 2. The molecular formula is C30H34BrF8KO7. The number of hydrogen-bond acceptors (Lipinski definition) is 7. The van der Waals surface area contributed by atoms with Gasteiger partial charge >= 0.3 is 69.7 Å². The van der Waals surface area contributed by atoms with Gasteiger partial charge in [-0.05, 0) is 51.1 Å². The Hall–Kier alpha value is -1.31. The van der Waals surface area contributed by atoms with Crippen LogP contribution in [0.2, 0.25) is 0 Å². The Kier molecular flexibility index (Phi) is 17.6. The number of rotatable bonds is 3. The number of hydrogen-bond donors (Lipinski definition) is 2. The van der Waals surface area contributed by atoms with Gasteiger partial charge in [-0.1, -0.05) is 36.7 Å². The van der Waals surface area contributed by atoms with Crippen LogP contribution in [0.25, 0.3) is 11.0 Å². The first kappa shape index (κ1) is 45.7. The fourth-order valence-electron chi connectivity index (χ4n) is 3.40. The third-order valence-corrected chi connectivity index (χ3v) is 5.97. The van der Waals surface area contributed by atoms with E-state index in [0.29, 0.717) is 24.3 Å². The summed E-state index contributed by atoms with van der Waals surface area (Å²) in [7, 11) is 0. The maximum atomic E-state index is 13.6. The van der Waals surface area contributed by atoms with Crippen LogP contribution in [0.15, 0.2) is 34.7 Å². The zero-order valence-corrected chi connectivity index (χ0v) is 31.5. The second-order valence-electron chi connectivity index (χ2n) is 11.7. The van der Waals surface area contributed by atoms with Crippen molar-refractivity contribution in [1.82, 2.24) is 0 Å². The van der Waals surface area contributed by atoms with E-state index in [1.165, 1.54) is 0 Å². The molecule has 2 atom stereocenters. The summed E-state index contributed by atoms with van der Waals surface area (Å²) < 4.78 is 118. The van der Waals surface area contributed by atoms with Crippen molar-refractivity contribution in [2.24, 2.45) is 0 Å². The van der Waals surface area contributed by atoms with Crippen molar-refractivity contribution in [2.75, 3.05) is 6.61 Å². The third-order valence-electron chi connectivity index (χ3n) is 4.92. The predicted molar refractivity (Wildman–Crippen MR) is 153 cm³/mol. The molecule has 2 N–H and O–H groups in total. The van der Waals surface area contributed by atoms with E-state index < -0.39 is 81.2 Å². The first-order valence-corrected chi connectivity index (χ1v) is 14.2. The summed E-state index contributed by atoms with van der Waals surface area (Å²) in [4.78, 5) is 9.81. The molecule has 0 amide bonds. The van der Waals surface area contributed by atoms with E-state index in [0.717, 1.165) is 13.0 Å². The monoisotopic (exact) mass is 776 g/mol. The Morgan fingerprint density at radius 2 is 1.38 bits per heavy atom. The van der Waals surface area contributed by atoms with Crippen LogP contribution in [0.1, 0.15) is 75.7 Å². The number of carbonyl (C=O) groups excluding carboxylic acids is 1. The van der Waals surface area contributed by atoms with Crippen molar-refractivity contribution >= 4 is 32.9 Å². The molecule has 2 unspecified atom stereocenters. The fraction of sp³-hybridized carbons (Fsp3) is 0.500. The fourth-order valence-corrected chi connectivity index (χ4v) is 4.11. The SMILES string of the molecule is CC(=O)OCC1Oc2c(F)ccc(C(F)(F)F)c2C1Br.CC(C)(C)O.CC(C)(C)[O-].OCc1cc2c(C(F)(F)F)ccc(F)c2o1.[K+]. The largest absolute Gasteiger partial charge is 1.00 e. The van der Waals surface area contributed by atoms with Crippen LogP contribution in [0, 0.1) is 11.6 Å². The molecule has 17 heteroatoms. The van der Waals surface area contributed by atoms with Gasteiger partial charge < -0.3 is 29.2 Å². The van der Waals surface area contributed by atoms with E-state index in [-0.39, 0.29) is 74.7 Å². The minimum atomic E-state index is -4.62. The van der Waals surface area contributed by atoms with Crippen molar-refractivity contribution in [3.8, 4) is 5.75 Å². The van der Waals surface area contributed by atoms with E-state index in [2.05, 4.69) is 15.9 Å². The number of alkyl halides is 7. The number of esters is 1. The Morgan fingerprint density at radius 1 is 0.936 bits per heavy atom. The van der Waals surface area contributed by atoms with Crippen molar-refractivity contribution in [3.05, 3.63) is 64.4 Å². The van der Waals surface area contributed by atoms with Crippen molar-refractivity contribution < 1.29 is 121 Å². The number of carbonyl (C=O) groups is 1. The molecule has 1 aliphatic rings. The summed E-state index contributed by atoms with van der Waals surface area (Å²) in [6.07, 6.45) is -10.1. The van der Waals surface area contributed by atoms with Gasteiger partial charge in [-0.3, -0.25) is 4.79 Å². The van der Waals surface area contributed by atoms with E-state index in [1.54, 1.807) is 41.5 Å². The molecule has 0 aliphatic carbocycles. The van der Waals surface area contributed by atoms with Gasteiger partial charge in [-0.25, -0.2) is 8.78 Å². The standard InChI is InChI=1S/C12H9BrF4O3.C10H6F4O2.C4H10O.C4H9O.K/c1-5(18)19-4-8-10(13)9-6(12(15,16)17)2-3-7(14)11(9)20-8;11-8-2-1-7(10(12,13)14)6-3-5(4-15)16-9(6)8;2*1-4(2,3)5;/h2-3,8,10H,4H2,1H3;1-3,15H,4H2;5H,1-3H3;1-3H3;/q;;;-1;+1. The average molecular weight is 778 g/mol. The van der Waals surface area contributed by atoms with E-state index >= 15 is 0 Å². The van der Waals surface area contributed by atoms with E-state index in [4.69, 9.17) is 24.1 Å². The number of halogens is 9. The van der Waals surface area contributed by atoms with Gasteiger partial charge in [0, 0.05) is 17.9 Å². The summed E-state index contributed by atoms with van der Waals surface area (Å²) in [5.74, 6) is -2.93. The maximum absolute atomic E-state index is 13.6. The molecule has 1 aromatic heterocycles. The van der Waals surface area contributed by atoms with Gasteiger partial charge in [0.15, 0.2) is 23.0 Å². The molecular weight excluding hydrogens is 743 g/mol. The molecule has 47 heavy (non-hydrogen) atoms. The minimum absolute atomic E-state index is 0. The molecule has 2 heterocycles. The number of furan rings is 1. The van der Waals surface area contributed by atoms with Crippen molar-refractivity contribution in [2.45, 2.75) is 89.6 Å². The van der Waals surface area contributed by atoms with Crippen LogP contribution in [-0.4, -0.2) is 40.1 Å². The third kappa shape index (κ3) is 15.8. The first-order valence-electron chi connectivity index (χ1n) is 13.3. The number of aliphatic hydroxyl groups excluding tert-OH is 1. The summed E-state index contributed by atoms with van der Waals surface area (Å²) in [6.45, 7) is 10.4. The second kappa shape index (κ2) is 18.1. The van der Waals surface area contributed by atoms with Gasteiger partial charge in [0.1, 0.15) is 25.1 Å². The van der Waals surface area contributed by atoms with E-state index in [1.807, 2.05) is 0 Å². The number of ether oxygens (including phenoxy) is 2. The molecule has 1 aliphatic heterocycles. The van der Waals surface area contributed by atoms with Gasteiger partial charge in [-0.15, -0.1) is 5.60 Å². The zero-order valence-electron chi connectivity index (χ0n) is 26.8. The molecule has 0 saturated heterocycles. The van der Waals surface area contributed by atoms with Crippen molar-refractivity contribution in [1.29, 1.82) is 0 Å². The van der Waals surface area contributed by atoms with Gasteiger partial charge in [0.2, 0.25) is 0 Å². The van der Waals surface area contributed by atoms with Crippen LogP contribution in [0.4, 0.5) is 35.1 Å². The summed E-state index contributed by atoms with van der Waals surface area (Å²) >= 11 is 3.05. The van der Waals surface area contributed by atoms with Crippen LogP contribution in [0.5, 0.6) is 5.75 Å². The topological polar surface area (TPSA) is 112 Å². The maximum Gasteiger partial charge on any atom is 1.00 e. The molecule has 3 aromatic rings. The van der Waals surface area contributed by atoms with E-state index in [9.17, 15) is 45.0 Å². The Balaban J connectivity index is 0.000000698. The molecule has 4 rings (SSSR count). The van der Waals surface area contributed by atoms with Crippen LogP contribution in [0.3, 0.4) is 0 Å². The Labute approximate surface area is 317 Å². The minimum Gasteiger partial charge on any atom is -0.850 e. The van der Waals surface area contributed by atoms with Gasteiger partial charge in [-0.2, -0.15) is 26.3 Å². The molecule has 0 fully saturated rings. The van der Waals surface area contributed by atoms with Crippen LogP contribution < -0.4 is 61.2 Å². The van der Waals surface area contributed by atoms with Crippen LogP contribution in [-0.2, 0) is 28.5 Å². The summed E-state index contributed by atoms with van der Waals surface area (Å²) in [5.41, 5.74) is -4.00. The number of fused-ring (bicyclic) bond motifs is 2. The smallest absolute Gasteiger partial charge is 0.850 e. The molecule has 0 bridgehead atoms. The molecule has 0 saturated carbocycles. The normalized spacial score (nSPS) is 15.8. The van der Waals surface area contributed by atoms with Crippen molar-refractivity contribution in [3.63, 3.8) is 0 Å². The summed E-state index contributed by atoms with van der Waals surface area (Å²) in [5, 5.41) is 27.0. The average Bonchev–Trinajstić information content (AvgIpc) is 3.43. The molecule has 0 spiro atoms. The Morgan fingerprint density at radius 3 is 1.81 bits per heavy atom. The Bertz CT molecular complexity index is 1440. The molecule has 0 radical (unpaired) electrons. The molecule has 260 valence electrons. The second-order valence-corrected chi connectivity index (χ2v) is 12.7. The zero-order chi connectivity index (χ0) is 36.0. The number of aliphatic hydroxyl groups is 2. The van der Waals surface area contributed by atoms with Crippen LogP contribution >= 0.6 is 15.9 Å². The predicted octanol–water partition coefficient (Wildman–Crippen LogP) is 4.61. The summed E-state index contributed by atoms with van der Waals surface area (Å²) in [6, 6.07) is 3.70. The molecule has 2 aromatic carbocycles. The quantitative estimate of drug-likeness (QED) is 0.173. The molecule has 7 nitrogen and oxygen atoms in total. The first-order chi connectivity index (χ1) is 20.6.